The Bertz CT molecular complexity index is 820. The van der Waals surface area contributed by atoms with Crippen LogP contribution in [0.5, 0.6) is 0 Å². The fourth-order valence-corrected chi connectivity index (χ4v) is 5.25. The van der Waals surface area contributed by atoms with Gasteiger partial charge in [0.05, 0.1) is 17.0 Å². The second-order valence-corrected chi connectivity index (χ2v) is 9.17. The van der Waals surface area contributed by atoms with Crippen molar-refractivity contribution in [3.05, 3.63) is 34.9 Å². The summed E-state index contributed by atoms with van der Waals surface area (Å²) >= 11 is 11.3. The van der Waals surface area contributed by atoms with Crippen molar-refractivity contribution < 1.29 is 22.5 Å². The lowest BCUT2D eigenvalue weighted by Gasteiger charge is -2.22. The van der Waals surface area contributed by atoms with Crippen LogP contribution in [0.3, 0.4) is 0 Å². The molecule has 1 atom stereocenters. The molecule has 0 radical (unpaired) electrons. The third-order valence-electron chi connectivity index (χ3n) is 3.61. The Morgan fingerprint density at radius 2 is 2.14 bits per heavy atom. The molecule has 0 spiro atoms. The van der Waals surface area contributed by atoms with Crippen LogP contribution in [-0.4, -0.2) is 38.8 Å². The van der Waals surface area contributed by atoms with Crippen LogP contribution in [0, 0.1) is 5.21 Å². The number of nitrogens with zero attached hydrogens (tertiary/aromatic N) is 3. The maximum Gasteiger partial charge on any atom is 0.393 e. The summed E-state index contributed by atoms with van der Waals surface area (Å²) in [5.74, 6) is -0.392. The first kappa shape index (κ1) is 23.1. The highest BCUT2D eigenvalue weighted by molar-refractivity contribution is 7.91. The molecule has 154 valence electrons. The number of pyridine rings is 1. The summed E-state index contributed by atoms with van der Waals surface area (Å²) in [7, 11) is 0. The van der Waals surface area contributed by atoms with E-state index in [1.54, 1.807) is 17.0 Å². The second kappa shape index (κ2) is 10.1. The largest absolute Gasteiger partial charge is 0.619 e. The molecule has 1 unspecified atom stereocenters. The molecule has 0 fully saturated rings. The maximum atomic E-state index is 12.2. The SMILES string of the molecule is CCN(C(=S)CC[S+]([O-])CCC(F)(F)F)c1sc(-c2ccc[n+]([O-])c2)nc1Cl. The third kappa shape index (κ3) is 6.73. The standard InChI is InChI=1S/C16H17ClF3N3O2S3/c1-2-23(12(26)5-8-28(25)9-6-16(18,19)20)15-13(17)21-14(27-15)11-4-3-7-22(24)10-11/h3-4,7,10H,2,5-6,8-9H2,1H3. The minimum Gasteiger partial charge on any atom is -0.619 e. The third-order valence-corrected chi connectivity index (χ3v) is 6.86. The summed E-state index contributed by atoms with van der Waals surface area (Å²) < 4.78 is 49.1. The normalized spacial score (nSPS) is 12.8. The van der Waals surface area contributed by atoms with Gasteiger partial charge in [-0.25, -0.2) is 4.98 Å². The van der Waals surface area contributed by atoms with E-state index in [1.807, 2.05) is 6.92 Å². The number of alkyl halides is 3. The first-order valence-corrected chi connectivity index (χ1v) is 11.3. The van der Waals surface area contributed by atoms with E-state index >= 15 is 0 Å². The van der Waals surface area contributed by atoms with Crippen molar-refractivity contribution in [2.75, 3.05) is 23.0 Å². The number of rotatable bonds is 8. The molecule has 5 nitrogen and oxygen atoms in total. The summed E-state index contributed by atoms with van der Waals surface area (Å²) in [5.41, 5.74) is 0.603. The van der Waals surface area contributed by atoms with Crippen molar-refractivity contribution in [1.82, 2.24) is 4.98 Å². The van der Waals surface area contributed by atoms with Gasteiger partial charge in [-0.2, -0.15) is 17.9 Å². The van der Waals surface area contributed by atoms with Crippen LogP contribution in [0.15, 0.2) is 24.5 Å². The van der Waals surface area contributed by atoms with Gasteiger partial charge in [-0.05, 0) is 13.0 Å². The number of thiocarbonyl (C=S) groups is 1. The van der Waals surface area contributed by atoms with Crippen LogP contribution in [0.25, 0.3) is 10.6 Å². The van der Waals surface area contributed by atoms with Gasteiger partial charge in [-0.15, -0.1) is 0 Å². The summed E-state index contributed by atoms with van der Waals surface area (Å²) in [6, 6.07) is 3.32. The van der Waals surface area contributed by atoms with Gasteiger partial charge >= 0.3 is 6.18 Å². The summed E-state index contributed by atoms with van der Waals surface area (Å²) in [6.45, 7) is 2.31. The number of aromatic nitrogens is 2. The Morgan fingerprint density at radius 3 is 2.75 bits per heavy atom. The van der Waals surface area contributed by atoms with Crippen LogP contribution in [-0.2, 0) is 11.2 Å². The van der Waals surface area contributed by atoms with Crippen molar-refractivity contribution in [3.63, 3.8) is 0 Å². The molecule has 0 bridgehead atoms. The summed E-state index contributed by atoms with van der Waals surface area (Å²) in [4.78, 5) is 6.41. The quantitative estimate of drug-likeness (QED) is 0.248. The highest BCUT2D eigenvalue weighted by Crippen LogP contribution is 2.37. The molecule has 0 amide bonds. The van der Waals surface area contributed by atoms with Gasteiger partial charge in [0.1, 0.15) is 21.5 Å². The Kier molecular flexibility index (Phi) is 8.31. The molecule has 0 saturated heterocycles. The van der Waals surface area contributed by atoms with E-state index in [0.29, 0.717) is 31.8 Å². The molecule has 0 saturated carbocycles. The predicted molar refractivity (Wildman–Crippen MR) is 110 cm³/mol. The number of hydrogen-bond acceptors (Lipinski definition) is 5. The zero-order valence-corrected chi connectivity index (χ0v) is 17.9. The molecule has 2 aromatic heterocycles. The Labute approximate surface area is 177 Å². The van der Waals surface area contributed by atoms with Crippen LogP contribution in [0.2, 0.25) is 5.15 Å². The van der Waals surface area contributed by atoms with E-state index < -0.39 is 29.5 Å². The number of hydrogen-bond donors (Lipinski definition) is 0. The molecule has 0 aliphatic carbocycles. The molecule has 28 heavy (non-hydrogen) atoms. The van der Waals surface area contributed by atoms with Gasteiger partial charge in [-0.3, -0.25) is 0 Å². The molecule has 0 aliphatic heterocycles. The lowest BCUT2D eigenvalue weighted by atomic mass is 10.3. The van der Waals surface area contributed by atoms with Gasteiger partial charge < -0.3 is 14.7 Å². The molecule has 2 rings (SSSR count). The lowest BCUT2D eigenvalue weighted by Crippen LogP contribution is -2.30. The van der Waals surface area contributed by atoms with Gasteiger partial charge in [0, 0.05) is 19.0 Å². The molecule has 2 heterocycles. The van der Waals surface area contributed by atoms with E-state index in [1.165, 1.54) is 23.7 Å². The Balaban J connectivity index is 2.05. The molecule has 0 aromatic carbocycles. The Hall–Kier alpha value is -1.14. The minimum atomic E-state index is -4.32. The average molecular weight is 472 g/mol. The van der Waals surface area contributed by atoms with Crippen molar-refractivity contribution >= 4 is 56.3 Å². The molecule has 0 aliphatic rings. The molecule has 2 aromatic rings. The fourth-order valence-electron chi connectivity index (χ4n) is 2.27. The van der Waals surface area contributed by atoms with Crippen molar-refractivity contribution in [1.29, 1.82) is 0 Å². The van der Waals surface area contributed by atoms with Gasteiger partial charge in [0.25, 0.3) is 0 Å². The highest BCUT2D eigenvalue weighted by Gasteiger charge is 2.30. The van der Waals surface area contributed by atoms with Crippen molar-refractivity contribution in [3.8, 4) is 10.6 Å². The van der Waals surface area contributed by atoms with E-state index in [0.717, 1.165) is 0 Å². The number of thiazole rings is 1. The molecule has 0 N–H and O–H groups in total. The van der Waals surface area contributed by atoms with E-state index in [9.17, 15) is 22.9 Å². The smallest absolute Gasteiger partial charge is 0.393 e. The number of halogens is 4. The van der Waals surface area contributed by atoms with Crippen molar-refractivity contribution in [2.45, 2.75) is 25.9 Å². The van der Waals surface area contributed by atoms with Crippen LogP contribution < -0.4 is 9.63 Å². The molecular weight excluding hydrogens is 455 g/mol. The second-order valence-electron chi connectivity index (χ2n) is 5.67. The van der Waals surface area contributed by atoms with Crippen molar-refractivity contribution in [2.24, 2.45) is 0 Å². The zero-order valence-electron chi connectivity index (χ0n) is 14.7. The van der Waals surface area contributed by atoms with Gasteiger partial charge in [0.2, 0.25) is 0 Å². The molecular formula is C16H17ClF3N3O2S3. The Morgan fingerprint density at radius 1 is 1.43 bits per heavy atom. The topological polar surface area (TPSA) is 66.1 Å². The first-order valence-electron chi connectivity index (χ1n) is 8.18. The fraction of sp³-hybridized carbons (Fsp3) is 0.438. The van der Waals surface area contributed by atoms with Gasteiger partial charge in [0.15, 0.2) is 17.5 Å². The van der Waals surface area contributed by atoms with Crippen LogP contribution in [0.4, 0.5) is 18.2 Å². The van der Waals surface area contributed by atoms with E-state index in [4.69, 9.17) is 23.8 Å². The maximum absolute atomic E-state index is 12.2. The lowest BCUT2D eigenvalue weighted by molar-refractivity contribution is -0.604. The first-order chi connectivity index (χ1) is 13.1. The average Bonchev–Trinajstić information content (AvgIpc) is 3.00. The predicted octanol–water partition coefficient (Wildman–Crippen LogP) is 4.34. The number of anilines is 1. The zero-order chi connectivity index (χ0) is 20.9. The summed E-state index contributed by atoms with van der Waals surface area (Å²) in [6.07, 6.45) is -2.48. The van der Waals surface area contributed by atoms with E-state index in [-0.39, 0.29) is 17.3 Å². The highest BCUT2D eigenvalue weighted by atomic mass is 35.5. The van der Waals surface area contributed by atoms with Crippen LogP contribution >= 0.6 is 35.2 Å². The monoisotopic (exact) mass is 471 g/mol. The minimum absolute atomic E-state index is 0.0452. The summed E-state index contributed by atoms with van der Waals surface area (Å²) in [5, 5.41) is 12.8. The molecule has 12 heteroatoms. The van der Waals surface area contributed by atoms with Gasteiger partial charge in [-0.1, -0.05) is 46.3 Å². The van der Waals surface area contributed by atoms with E-state index in [2.05, 4.69) is 4.98 Å². The van der Waals surface area contributed by atoms with Crippen LogP contribution in [0.1, 0.15) is 19.8 Å².